The summed E-state index contributed by atoms with van der Waals surface area (Å²) < 4.78 is 28.2. The molecule has 0 aromatic heterocycles. The van der Waals surface area contributed by atoms with Gasteiger partial charge in [0.2, 0.25) is 0 Å². The topological polar surface area (TPSA) is 12.0 Å². The number of rotatable bonds is 4. The van der Waals surface area contributed by atoms with Gasteiger partial charge >= 0.3 is 0 Å². The van der Waals surface area contributed by atoms with Gasteiger partial charge in [0.05, 0.1) is 6.04 Å². The van der Waals surface area contributed by atoms with E-state index in [0.29, 0.717) is 12.1 Å². The molecule has 0 saturated carbocycles. The summed E-state index contributed by atoms with van der Waals surface area (Å²) in [6.07, 6.45) is 0. The first-order valence-corrected chi connectivity index (χ1v) is 6.85. The fourth-order valence-corrected chi connectivity index (χ4v) is 2.27. The molecule has 4 heteroatoms. The van der Waals surface area contributed by atoms with Crippen molar-refractivity contribution in [2.45, 2.75) is 13.0 Å². The molecule has 0 aliphatic rings. The van der Waals surface area contributed by atoms with Crippen molar-refractivity contribution < 1.29 is 8.78 Å². The van der Waals surface area contributed by atoms with Crippen molar-refractivity contribution in [2.24, 2.45) is 0 Å². The van der Waals surface area contributed by atoms with E-state index in [9.17, 15) is 8.78 Å². The smallest absolute Gasteiger partial charge is 0.163 e. The first kappa shape index (κ1) is 14.2. The Morgan fingerprint density at radius 2 is 1.79 bits per heavy atom. The highest BCUT2D eigenvalue weighted by Gasteiger charge is 2.18. The first-order valence-electron chi connectivity index (χ1n) is 6.06. The van der Waals surface area contributed by atoms with Gasteiger partial charge in [-0.3, -0.25) is 0 Å². The van der Waals surface area contributed by atoms with Gasteiger partial charge in [0.25, 0.3) is 0 Å². The molecule has 1 atom stereocenters. The van der Waals surface area contributed by atoms with Crippen LogP contribution in [0.15, 0.2) is 46.9 Å². The van der Waals surface area contributed by atoms with E-state index >= 15 is 0 Å². The van der Waals surface area contributed by atoms with Gasteiger partial charge in [0.1, 0.15) is 0 Å². The maximum atomic E-state index is 13.9. The quantitative estimate of drug-likeness (QED) is 0.877. The molecule has 1 unspecified atom stereocenters. The molecule has 100 valence electrons. The first-order chi connectivity index (χ1) is 9.13. The fourth-order valence-electron chi connectivity index (χ4n) is 2.01. The summed E-state index contributed by atoms with van der Waals surface area (Å²) in [5.41, 5.74) is 1.22. The highest BCUT2D eigenvalue weighted by molar-refractivity contribution is 9.10. The SMILES string of the molecule is CCNC(c1ccc(Br)cc1)c1cccc(F)c1F. The van der Waals surface area contributed by atoms with Crippen molar-refractivity contribution in [2.75, 3.05) is 6.54 Å². The fraction of sp³-hybridized carbons (Fsp3) is 0.200. The minimum absolute atomic E-state index is 0.323. The molecule has 19 heavy (non-hydrogen) atoms. The maximum absolute atomic E-state index is 13.9. The van der Waals surface area contributed by atoms with Crippen LogP contribution in [0.25, 0.3) is 0 Å². The molecule has 0 saturated heterocycles. The second kappa shape index (κ2) is 6.26. The third-order valence-corrected chi connectivity index (χ3v) is 3.43. The van der Waals surface area contributed by atoms with Crippen LogP contribution in [0, 0.1) is 11.6 Å². The average molecular weight is 326 g/mol. The number of hydrogen-bond acceptors (Lipinski definition) is 1. The van der Waals surface area contributed by atoms with E-state index in [1.54, 1.807) is 6.07 Å². The van der Waals surface area contributed by atoms with Crippen LogP contribution in [0.5, 0.6) is 0 Å². The molecule has 0 radical (unpaired) electrons. The van der Waals surface area contributed by atoms with Gasteiger partial charge in [0, 0.05) is 10.0 Å². The molecule has 2 aromatic carbocycles. The standard InChI is InChI=1S/C15H14BrF2N/c1-2-19-15(10-6-8-11(16)9-7-10)12-4-3-5-13(17)14(12)18/h3-9,15,19H,2H2,1H3. The molecule has 1 N–H and O–H groups in total. The zero-order valence-electron chi connectivity index (χ0n) is 10.5. The van der Waals surface area contributed by atoms with E-state index in [0.717, 1.165) is 16.1 Å². The Morgan fingerprint density at radius 3 is 2.42 bits per heavy atom. The molecule has 0 heterocycles. The molecule has 0 aliphatic carbocycles. The largest absolute Gasteiger partial charge is 0.306 e. The Kier molecular flexibility index (Phi) is 4.66. The summed E-state index contributed by atoms with van der Waals surface area (Å²) in [5.74, 6) is -1.62. The van der Waals surface area contributed by atoms with E-state index in [1.807, 2.05) is 31.2 Å². The third-order valence-electron chi connectivity index (χ3n) is 2.90. The zero-order valence-corrected chi connectivity index (χ0v) is 12.0. The lowest BCUT2D eigenvalue weighted by molar-refractivity contribution is 0.483. The third kappa shape index (κ3) is 3.19. The number of hydrogen-bond donors (Lipinski definition) is 1. The van der Waals surface area contributed by atoms with Crippen molar-refractivity contribution in [1.29, 1.82) is 0 Å². The number of nitrogens with one attached hydrogen (secondary N) is 1. The Labute approximate surface area is 119 Å². The van der Waals surface area contributed by atoms with E-state index in [1.165, 1.54) is 6.07 Å². The minimum Gasteiger partial charge on any atom is -0.306 e. The van der Waals surface area contributed by atoms with Crippen molar-refractivity contribution in [3.63, 3.8) is 0 Å². The van der Waals surface area contributed by atoms with Gasteiger partial charge in [0.15, 0.2) is 11.6 Å². The summed E-state index contributed by atoms with van der Waals surface area (Å²) in [6, 6.07) is 11.5. The van der Waals surface area contributed by atoms with Crippen LogP contribution in [-0.2, 0) is 0 Å². The van der Waals surface area contributed by atoms with Crippen molar-refractivity contribution in [1.82, 2.24) is 5.32 Å². The van der Waals surface area contributed by atoms with E-state index in [2.05, 4.69) is 21.2 Å². The molecular weight excluding hydrogens is 312 g/mol. The average Bonchev–Trinajstić information content (AvgIpc) is 2.41. The minimum atomic E-state index is -0.822. The zero-order chi connectivity index (χ0) is 13.8. The summed E-state index contributed by atoms with van der Waals surface area (Å²) in [4.78, 5) is 0. The lowest BCUT2D eigenvalue weighted by Gasteiger charge is -2.19. The van der Waals surface area contributed by atoms with Crippen LogP contribution in [0.3, 0.4) is 0 Å². The second-order valence-corrected chi connectivity index (χ2v) is 5.10. The molecule has 0 fully saturated rings. The lowest BCUT2D eigenvalue weighted by Crippen LogP contribution is -2.23. The molecule has 2 aromatic rings. The van der Waals surface area contributed by atoms with Crippen LogP contribution in [-0.4, -0.2) is 6.54 Å². The molecule has 2 rings (SSSR count). The maximum Gasteiger partial charge on any atom is 0.163 e. The molecule has 0 spiro atoms. The van der Waals surface area contributed by atoms with Gasteiger partial charge in [-0.1, -0.05) is 47.1 Å². The van der Waals surface area contributed by atoms with Gasteiger partial charge < -0.3 is 5.32 Å². The van der Waals surface area contributed by atoms with Crippen LogP contribution < -0.4 is 5.32 Å². The summed E-state index contributed by atoms with van der Waals surface area (Å²) >= 11 is 3.36. The molecule has 0 amide bonds. The Bertz CT molecular complexity index is 555. The van der Waals surface area contributed by atoms with Crippen molar-refractivity contribution in [3.05, 3.63) is 69.7 Å². The van der Waals surface area contributed by atoms with Gasteiger partial charge in [-0.05, 0) is 30.3 Å². The van der Waals surface area contributed by atoms with Crippen molar-refractivity contribution >= 4 is 15.9 Å². The predicted molar refractivity (Wildman–Crippen MR) is 76.0 cm³/mol. The summed E-state index contributed by atoms with van der Waals surface area (Å²) in [6.45, 7) is 2.60. The van der Waals surface area contributed by atoms with E-state index in [-0.39, 0.29) is 6.04 Å². The van der Waals surface area contributed by atoms with Crippen LogP contribution in [0.4, 0.5) is 8.78 Å². The second-order valence-electron chi connectivity index (χ2n) is 4.19. The van der Waals surface area contributed by atoms with Gasteiger partial charge in [-0.25, -0.2) is 8.78 Å². The van der Waals surface area contributed by atoms with E-state index < -0.39 is 11.6 Å². The highest BCUT2D eigenvalue weighted by Crippen LogP contribution is 2.26. The molecule has 1 nitrogen and oxygen atoms in total. The highest BCUT2D eigenvalue weighted by atomic mass is 79.9. The van der Waals surface area contributed by atoms with E-state index in [4.69, 9.17) is 0 Å². The Morgan fingerprint density at radius 1 is 1.11 bits per heavy atom. The molecule has 0 bridgehead atoms. The number of benzene rings is 2. The number of halogens is 3. The predicted octanol–water partition coefficient (Wildman–Crippen LogP) is 4.43. The summed E-state index contributed by atoms with van der Waals surface area (Å²) in [5, 5.41) is 3.18. The Balaban J connectivity index is 2.45. The lowest BCUT2D eigenvalue weighted by atomic mass is 9.98. The van der Waals surface area contributed by atoms with Crippen LogP contribution in [0.2, 0.25) is 0 Å². The monoisotopic (exact) mass is 325 g/mol. The summed E-state index contributed by atoms with van der Waals surface area (Å²) in [7, 11) is 0. The van der Waals surface area contributed by atoms with Crippen LogP contribution in [0.1, 0.15) is 24.1 Å². The molecule has 0 aliphatic heterocycles. The normalized spacial score (nSPS) is 12.4. The van der Waals surface area contributed by atoms with Gasteiger partial charge in [-0.2, -0.15) is 0 Å². The molecular formula is C15H14BrF2N. The van der Waals surface area contributed by atoms with Gasteiger partial charge in [-0.15, -0.1) is 0 Å². The Hall–Kier alpha value is -1.26. The van der Waals surface area contributed by atoms with Crippen LogP contribution >= 0.6 is 15.9 Å². The van der Waals surface area contributed by atoms with Crippen molar-refractivity contribution in [3.8, 4) is 0 Å².